The van der Waals surface area contributed by atoms with Gasteiger partial charge in [-0.1, -0.05) is 24.3 Å². The van der Waals surface area contributed by atoms with Crippen molar-refractivity contribution in [2.45, 2.75) is 18.6 Å². The molecule has 188 valence electrons. The molecule has 4 aromatic rings. The van der Waals surface area contributed by atoms with Crippen molar-refractivity contribution < 1.29 is 18.0 Å². The van der Waals surface area contributed by atoms with Crippen LogP contribution in [0, 0.1) is 0 Å². The number of anilines is 1. The predicted molar refractivity (Wildman–Crippen MR) is 134 cm³/mol. The molecule has 10 heteroatoms. The number of hydrogen-bond acceptors (Lipinski definition) is 5. The lowest BCUT2D eigenvalue weighted by atomic mass is 9.97. The second-order valence-electron chi connectivity index (χ2n) is 8.86. The maximum absolute atomic E-state index is 13.5. The Labute approximate surface area is 211 Å². The van der Waals surface area contributed by atoms with Gasteiger partial charge in [-0.05, 0) is 59.7 Å². The van der Waals surface area contributed by atoms with Crippen LogP contribution in [-0.2, 0) is 6.18 Å². The van der Waals surface area contributed by atoms with Gasteiger partial charge in [0.2, 0.25) is 0 Å². The maximum atomic E-state index is 13.5. The summed E-state index contributed by atoms with van der Waals surface area (Å²) in [6, 6.07) is 19.2. The van der Waals surface area contributed by atoms with E-state index in [1.807, 2.05) is 67.5 Å². The number of hydrazone groups is 1. The Bertz CT molecular complexity index is 1410. The van der Waals surface area contributed by atoms with Crippen molar-refractivity contribution in [2.24, 2.45) is 5.10 Å². The van der Waals surface area contributed by atoms with Crippen molar-refractivity contribution in [1.29, 1.82) is 0 Å². The Balaban J connectivity index is 1.48. The van der Waals surface area contributed by atoms with E-state index in [2.05, 4.69) is 15.2 Å². The predicted octanol–water partition coefficient (Wildman–Crippen LogP) is 5.34. The highest BCUT2D eigenvalue weighted by atomic mass is 19.4. The topological polar surface area (TPSA) is 66.6 Å². The van der Waals surface area contributed by atoms with Crippen LogP contribution in [0.5, 0.6) is 0 Å². The van der Waals surface area contributed by atoms with Gasteiger partial charge in [-0.15, -0.1) is 0 Å². The third kappa shape index (κ3) is 4.95. The summed E-state index contributed by atoms with van der Waals surface area (Å²) in [4.78, 5) is 19.4. The first-order valence-electron chi connectivity index (χ1n) is 11.5. The molecule has 37 heavy (non-hydrogen) atoms. The molecule has 1 aromatic heterocycles. The first-order chi connectivity index (χ1) is 17.7. The van der Waals surface area contributed by atoms with E-state index in [0.29, 0.717) is 12.1 Å². The van der Waals surface area contributed by atoms with Crippen molar-refractivity contribution in [1.82, 2.24) is 19.8 Å². The fourth-order valence-corrected chi connectivity index (χ4v) is 4.21. The molecule has 5 rings (SSSR count). The quantitative estimate of drug-likeness (QED) is 0.368. The highest BCUT2D eigenvalue weighted by Crippen LogP contribution is 2.35. The zero-order valence-corrected chi connectivity index (χ0v) is 20.1. The molecular weight excluding hydrogens is 481 g/mol. The smallest absolute Gasteiger partial charge is 0.378 e. The van der Waals surface area contributed by atoms with Crippen LogP contribution in [-0.4, -0.2) is 45.5 Å². The third-order valence-electron chi connectivity index (χ3n) is 6.26. The average molecular weight is 505 g/mol. The fraction of sp³-hybridized carbons (Fsp3) is 0.185. The van der Waals surface area contributed by atoms with Gasteiger partial charge in [0.25, 0.3) is 5.91 Å². The summed E-state index contributed by atoms with van der Waals surface area (Å²) in [6.07, 6.45) is -0.974. The fourth-order valence-electron chi connectivity index (χ4n) is 4.21. The summed E-state index contributed by atoms with van der Waals surface area (Å²) in [7, 11) is 3.88. The van der Waals surface area contributed by atoms with E-state index in [4.69, 9.17) is 0 Å². The van der Waals surface area contributed by atoms with E-state index < -0.39 is 23.7 Å². The Kier molecular flexibility index (Phi) is 6.24. The number of halogens is 3. The van der Waals surface area contributed by atoms with Crippen molar-refractivity contribution in [3.63, 3.8) is 0 Å². The van der Waals surface area contributed by atoms with Gasteiger partial charge in [0.1, 0.15) is 12.7 Å². The van der Waals surface area contributed by atoms with Gasteiger partial charge in [-0.3, -0.25) is 4.79 Å². The van der Waals surface area contributed by atoms with Crippen LogP contribution in [0.2, 0.25) is 0 Å². The number of benzene rings is 3. The van der Waals surface area contributed by atoms with Crippen LogP contribution in [0.3, 0.4) is 0 Å². The molecule has 1 unspecified atom stereocenters. The van der Waals surface area contributed by atoms with Crippen LogP contribution in [0.1, 0.15) is 39.5 Å². The van der Waals surface area contributed by atoms with Crippen molar-refractivity contribution >= 4 is 17.3 Å². The molecule has 0 radical (unpaired) electrons. The van der Waals surface area contributed by atoms with Gasteiger partial charge in [-0.25, -0.2) is 14.7 Å². The number of rotatable bonds is 5. The Morgan fingerprint density at radius 3 is 2.19 bits per heavy atom. The SMILES string of the molecule is CN(C)c1ccc(C2CC(c3ccc(-n4cncn4)cc3)=NN2C(=O)c2ccc(C(F)(F)F)cc2)cc1. The van der Waals surface area contributed by atoms with Gasteiger partial charge in [0.15, 0.2) is 0 Å². The van der Waals surface area contributed by atoms with Crippen LogP contribution in [0.15, 0.2) is 90.6 Å². The number of alkyl halides is 3. The van der Waals surface area contributed by atoms with Crippen molar-refractivity contribution in [3.8, 4) is 5.69 Å². The minimum atomic E-state index is -4.48. The Morgan fingerprint density at radius 2 is 1.62 bits per heavy atom. The van der Waals surface area contributed by atoms with E-state index in [9.17, 15) is 18.0 Å². The number of nitrogens with zero attached hydrogens (tertiary/aromatic N) is 6. The van der Waals surface area contributed by atoms with Gasteiger partial charge in [0, 0.05) is 31.8 Å². The zero-order chi connectivity index (χ0) is 26.2. The zero-order valence-electron chi connectivity index (χ0n) is 20.1. The molecule has 1 amide bonds. The minimum Gasteiger partial charge on any atom is -0.378 e. The van der Waals surface area contributed by atoms with Crippen LogP contribution in [0.4, 0.5) is 18.9 Å². The molecule has 2 heterocycles. The van der Waals surface area contributed by atoms with Gasteiger partial charge in [0.05, 0.1) is 23.0 Å². The summed E-state index contributed by atoms with van der Waals surface area (Å²) in [5.74, 6) is -0.468. The highest BCUT2D eigenvalue weighted by Gasteiger charge is 2.35. The van der Waals surface area contributed by atoms with Gasteiger partial charge in [-0.2, -0.15) is 23.4 Å². The van der Waals surface area contributed by atoms with E-state index >= 15 is 0 Å². The number of carbonyl (C=O) groups excluding carboxylic acids is 1. The lowest BCUT2D eigenvalue weighted by molar-refractivity contribution is -0.137. The Hall–Kier alpha value is -4.47. The molecular formula is C27H23F3N6O. The van der Waals surface area contributed by atoms with E-state index in [0.717, 1.165) is 34.6 Å². The van der Waals surface area contributed by atoms with Crippen LogP contribution in [0.25, 0.3) is 5.69 Å². The summed E-state index contributed by atoms with van der Waals surface area (Å²) in [6.45, 7) is 0. The second-order valence-corrected chi connectivity index (χ2v) is 8.86. The minimum absolute atomic E-state index is 0.134. The molecule has 0 fully saturated rings. The largest absolute Gasteiger partial charge is 0.416 e. The number of hydrogen-bond donors (Lipinski definition) is 0. The molecule has 0 aliphatic carbocycles. The molecule has 7 nitrogen and oxygen atoms in total. The molecule has 1 atom stereocenters. The molecule has 0 bridgehead atoms. The van der Waals surface area contributed by atoms with E-state index in [-0.39, 0.29) is 5.56 Å². The third-order valence-corrected chi connectivity index (χ3v) is 6.26. The van der Waals surface area contributed by atoms with Crippen LogP contribution < -0.4 is 4.90 Å². The lowest BCUT2D eigenvalue weighted by Crippen LogP contribution is -2.27. The maximum Gasteiger partial charge on any atom is 0.416 e. The first kappa shape index (κ1) is 24.2. The van der Waals surface area contributed by atoms with Gasteiger partial charge >= 0.3 is 6.18 Å². The lowest BCUT2D eigenvalue weighted by Gasteiger charge is -2.23. The van der Waals surface area contributed by atoms with Crippen molar-refractivity contribution in [3.05, 3.63) is 108 Å². The highest BCUT2D eigenvalue weighted by molar-refractivity contribution is 6.05. The summed E-state index contributed by atoms with van der Waals surface area (Å²) in [5, 5.41) is 10.1. The molecule has 0 N–H and O–H groups in total. The molecule has 1 aliphatic heterocycles. The van der Waals surface area contributed by atoms with E-state index in [1.165, 1.54) is 23.5 Å². The number of aromatic nitrogens is 3. The average Bonchev–Trinajstić information content (AvgIpc) is 3.59. The number of carbonyl (C=O) groups is 1. The number of amides is 1. The standard InChI is InChI=1S/C27H23F3N6O/c1-34(2)22-11-7-19(8-12-22)25-15-24(18-5-13-23(14-6-18)35-17-31-16-32-35)33-36(25)26(37)20-3-9-21(10-4-20)27(28,29)30/h3-14,16-17,25H,15H2,1-2H3. The first-order valence-corrected chi connectivity index (χ1v) is 11.5. The Morgan fingerprint density at radius 1 is 0.946 bits per heavy atom. The van der Waals surface area contributed by atoms with Gasteiger partial charge < -0.3 is 4.90 Å². The van der Waals surface area contributed by atoms with Crippen LogP contribution >= 0.6 is 0 Å². The van der Waals surface area contributed by atoms with Crippen molar-refractivity contribution in [2.75, 3.05) is 19.0 Å². The molecule has 3 aromatic carbocycles. The van der Waals surface area contributed by atoms with E-state index in [1.54, 1.807) is 11.0 Å². The summed E-state index contributed by atoms with van der Waals surface area (Å²) < 4.78 is 40.7. The molecule has 1 aliphatic rings. The summed E-state index contributed by atoms with van der Waals surface area (Å²) >= 11 is 0. The summed E-state index contributed by atoms with van der Waals surface area (Å²) in [5.41, 5.74) is 3.57. The molecule has 0 spiro atoms. The second kappa shape index (κ2) is 9.53. The monoisotopic (exact) mass is 504 g/mol. The molecule has 0 saturated carbocycles. The molecule has 0 saturated heterocycles. The normalized spacial score (nSPS) is 15.5.